The molecule has 1 aliphatic rings. The van der Waals surface area contributed by atoms with Gasteiger partial charge >= 0.3 is 0 Å². The first-order chi connectivity index (χ1) is 15.5. The number of aromatic nitrogens is 1. The van der Waals surface area contributed by atoms with Gasteiger partial charge in [0, 0.05) is 31.2 Å². The smallest absolute Gasteiger partial charge is 0.266 e. The maximum absolute atomic E-state index is 13.2. The minimum Gasteiger partial charge on any atom is -0.484 e. The quantitative estimate of drug-likeness (QED) is 0.474. The highest BCUT2D eigenvalue weighted by Gasteiger charge is 2.22. The van der Waals surface area contributed by atoms with Gasteiger partial charge < -0.3 is 9.47 Å². The van der Waals surface area contributed by atoms with Crippen LogP contribution in [0.3, 0.4) is 0 Å². The average molecular weight is 474 g/mol. The summed E-state index contributed by atoms with van der Waals surface area (Å²) in [5.41, 5.74) is 3.26. The number of anilines is 1. The lowest BCUT2D eigenvalue weighted by atomic mass is 10.1. The molecule has 2 aromatic carbocycles. The number of carbonyl (C=O) groups excluding carboxylic acids is 1. The maximum atomic E-state index is 13.2. The van der Waals surface area contributed by atoms with Crippen LogP contribution in [-0.4, -0.2) is 61.8 Å². The minimum absolute atomic E-state index is 0.0485. The number of nitrogens with zero attached hydrogens (tertiary/aromatic N) is 3. The van der Waals surface area contributed by atoms with E-state index in [1.165, 1.54) is 5.56 Å². The fourth-order valence-electron chi connectivity index (χ4n) is 3.72. The summed E-state index contributed by atoms with van der Waals surface area (Å²) in [6, 6.07) is 11.2. The van der Waals surface area contributed by atoms with Gasteiger partial charge in [0.05, 0.1) is 23.4 Å². The summed E-state index contributed by atoms with van der Waals surface area (Å²) in [5.74, 6) is 0.517. The summed E-state index contributed by atoms with van der Waals surface area (Å²) in [7, 11) is 0. The van der Waals surface area contributed by atoms with Crippen LogP contribution in [0.25, 0.3) is 10.2 Å². The van der Waals surface area contributed by atoms with Crippen molar-refractivity contribution in [3.05, 3.63) is 52.5 Å². The van der Waals surface area contributed by atoms with E-state index < -0.39 is 0 Å². The number of hydrogen-bond donors (Lipinski definition) is 0. The molecule has 0 bridgehead atoms. The summed E-state index contributed by atoms with van der Waals surface area (Å²) in [5, 5.41) is 1.36. The molecule has 4 rings (SSSR count). The first-order valence-electron chi connectivity index (χ1n) is 10.9. The Bertz CT molecular complexity index is 1030. The number of rotatable bonds is 8. The largest absolute Gasteiger partial charge is 0.484 e. The SMILES string of the molecule is Cc1ccc(C)c2sc(N(CCCN3CCOCC3)C(=O)COc3ccc(Cl)cc3)nc12. The topological polar surface area (TPSA) is 54.9 Å². The van der Waals surface area contributed by atoms with E-state index in [2.05, 4.69) is 30.9 Å². The van der Waals surface area contributed by atoms with Crippen molar-refractivity contribution >= 4 is 44.2 Å². The zero-order valence-corrected chi connectivity index (χ0v) is 20.0. The van der Waals surface area contributed by atoms with E-state index in [4.69, 9.17) is 26.1 Å². The number of halogens is 1. The van der Waals surface area contributed by atoms with E-state index >= 15 is 0 Å². The van der Waals surface area contributed by atoms with Crippen LogP contribution >= 0.6 is 22.9 Å². The summed E-state index contributed by atoms with van der Waals surface area (Å²) < 4.78 is 12.3. The highest BCUT2D eigenvalue weighted by Crippen LogP contribution is 2.33. The lowest BCUT2D eigenvalue weighted by molar-refractivity contribution is -0.120. The molecule has 1 aromatic heterocycles. The van der Waals surface area contributed by atoms with Crippen LogP contribution in [0, 0.1) is 13.8 Å². The van der Waals surface area contributed by atoms with E-state index in [0.29, 0.717) is 17.3 Å². The van der Waals surface area contributed by atoms with Crippen molar-refractivity contribution in [2.24, 2.45) is 0 Å². The van der Waals surface area contributed by atoms with Crippen LogP contribution in [0.15, 0.2) is 36.4 Å². The van der Waals surface area contributed by atoms with Crippen LogP contribution in [0.4, 0.5) is 5.13 Å². The molecule has 0 saturated carbocycles. The Morgan fingerprint density at radius 1 is 1.16 bits per heavy atom. The predicted octanol–water partition coefficient (Wildman–Crippen LogP) is 4.70. The third-order valence-corrected chi connectivity index (χ3v) is 7.06. The van der Waals surface area contributed by atoms with Gasteiger partial charge in [-0.2, -0.15) is 0 Å². The number of fused-ring (bicyclic) bond motifs is 1. The fraction of sp³-hybridized carbons (Fsp3) is 0.417. The molecule has 3 aromatic rings. The molecule has 0 unspecified atom stereocenters. The van der Waals surface area contributed by atoms with Crippen LogP contribution in [0.2, 0.25) is 5.02 Å². The molecule has 0 radical (unpaired) electrons. The third-order valence-electron chi connectivity index (χ3n) is 5.60. The second kappa shape index (κ2) is 10.6. The Balaban J connectivity index is 1.50. The minimum atomic E-state index is -0.101. The summed E-state index contributed by atoms with van der Waals surface area (Å²) in [6.45, 7) is 9.03. The Hall–Kier alpha value is -2.19. The molecular formula is C24H28ClN3O3S. The summed E-state index contributed by atoms with van der Waals surface area (Å²) in [6.07, 6.45) is 0.862. The van der Waals surface area contributed by atoms with Gasteiger partial charge in [-0.1, -0.05) is 35.1 Å². The van der Waals surface area contributed by atoms with Crippen molar-refractivity contribution in [3.8, 4) is 5.75 Å². The van der Waals surface area contributed by atoms with Gasteiger partial charge in [0.1, 0.15) is 5.75 Å². The average Bonchev–Trinajstić information content (AvgIpc) is 3.26. The molecule has 0 N–H and O–H groups in total. The number of hydrogen-bond acceptors (Lipinski definition) is 6. The van der Waals surface area contributed by atoms with Gasteiger partial charge in [-0.05, 0) is 55.7 Å². The molecule has 2 heterocycles. The van der Waals surface area contributed by atoms with Gasteiger partial charge in [-0.25, -0.2) is 4.98 Å². The zero-order chi connectivity index (χ0) is 22.5. The van der Waals surface area contributed by atoms with Crippen LogP contribution in [-0.2, 0) is 9.53 Å². The van der Waals surface area contributed by atoms with Gasteiger partial charge in [0.2, 0.25) is 0 Å². The van der Waals surface area contributed by atoms with Crippen molar-refractivity contribution in [3.63, 3.8) is 0 Å². The van der Waals surface area contributed by atoms with Crippen molar-refractivity contribution in [1.82, 2.24) is 9.88 Å². The van der Waals surface area contributed by atoms with Crippen molar-refractivity contribution in [2.75, 3.05) is 50.9 Å². The lowest BCUT2D eigenvalue weighted by Crippen LogP contribution is -2.40. The van der Waals surface area contributed by atoms with Gasteiger partial charge in [-0.15, -0.1) is 0 Å². The van der Waals surface area contributed by atoms with Gasteiger partial charge in [0.25, 0.3) is 5.91 Å². The molecule has 6 nitrogen and oxygen atoms in total. The Labute approximate surface area is 197 Å². The number of aryl methyl sites for hydroxylation is 2. The van der Waals surface area contributed by atoms with Gasteiger partial charge in [0.15, 0.2) is 11.7 Å². The molecular weight excluding hydrogens is 446 g/mol. The molecule has 0 aliphatic carbocycles. The molecule has 1 saturated heterocycles. The highest BCUT2D eigenvalue weighted by molar-refractivity contribution is 7.22. The normalized spacial score (nSPS) is 14.6. The Morgan fingerprint density at radius 2 is 1.88 bits per heavy atom. The second-order valence-corrected chi connectivity index (χ2v) is 9.38. The van der Waals surface area contributed by atoms with E-state index in [9.17, 15) is 4.79 Å². The van der Waals surface area contributed by atoms with Crippen LogP contribution in [0.5, 0.6) is 5.75 Å². The monoisotopic (exact) mass is 473 g/mol. The van der Waals surface area contributed by atoms with E-state index in [1.807, 2.05) is 0 Å². The van der Waals surface area contributed by atoms with Crippen LogP contribution < -0.4 is 9.64 Å². The molecule has 1 amide bonds. The molecule has 0 atom stereocenters. The summed E-state index contributed by atoms with van der Waals surface area (Å²) in [4.78, 5) is 22.2. The molecule has 8 heteroatoms. The lowest BCUT2D eigenvalue weighted by Gasteiger charge is -2.27. The molecule has 32 heavy (non-hydrogen) atoms. The Kier molecular flexibility index (Phi) is 7.63. The number of benzene rings is 2. The zero-order valence-electron chi connectivity index (χ0n) is 18.5. The maximum Gasteiger partial charge on any atom is 0.266 e. The number of amides is 1. The molecule has 1 aliphatic heterocycles. The molecule has 170 valence electrons. The third kappa shape index (κ3) is 5.59. The highest BCUT2D eigenvalue weighted by atomic mass is 35.5. The molecule has 0 spiro atoms. The number of carbonyl (C=O) groups is 1. The standard InChI is InChI=1S/C24H28ClN3O3S/c1-17-4-5-18(2)23-22(17)26-24(32-23)28(11-3-10-27-12-14-30-15-13-27)21(29)16-31-20-8-6-19(25)7-9-20/h4-9H,3,10-16H2,1-2H3. The number of ether oxygens (including phenoxy) is 2. The first-order valence-corrected chi connectivity index (χ1v) is 12.1. The summed E-state index contributed by atoms with van der Waals surface area (Å²) >= 11 is 7.51. The van der Waals surface area contributed by atoms with E-state index in [1.54, 1.807) is 40.5 Å². The number of thiazole rings is 1. The molecule has 1 fully saturated rings. The van der Waals surface area contributed by atoms with E-state index in [0.717, 1.165) is 60.2 Å². The fourth-order valence-corrected chi connectivity index (χ4v) is 5.00. The Morgan fingerprint density at radius 3 is 2.59 bits per heavy atom. The van der Waals surface area contributed by atoms with Crippen LogP contribution in [0.1, 0.15) is 17.5 Å². The first kappa shape index (κ1) is 23.0. The van der Waals surface area contributed by atoms with Crippen molar-refractivity contribution < 1.29 is 14.3 Å². The van der Waals surface area contributed by atoms with Gasteiger partial charge in [-0.3, -0.25) is 14.6 Å². The van der Waals surface area contributed by atoms with Crippen molar-refractivity contribution in [1.29, 1.82) is 0 Å². The predicted molar refractivity (Wildman–Crippen MR) is 130 cm³/mol. The van der Waals surface area contributed by atoms with Crippen molar-refractivity contribution in [2.45, 2.75) is 20.3 Å². The van der Waals surface area contributed by atoms with E-state index in [-0.39, 0.29) is 12.5 Å². The number of morpholine rings is 1. The second-order valence-electron chi connectivity index (χ2n) is 7.97.